The number of amides is 1. The molecule has 112 valence electrons. The van der Waals surface area contributed by atoms with Crippen molar-refractivity contribution in [3.8, 4) is 0 Å². The second kappa shape index (κ2) is 6.12. The first-order valence-electron chi connectivity index (χ1n) is 7.26. The Labute approximate surface area is 126 Å². The van der Waals surface area contributed by atoms with E-state index in [9.17, 15) is 4.79 Å². The number of carbonyl (C=O) groups is 1. The standard InChI is InChI=1S/C17H23N3O/c1-11-6-7-12(2)16(8-11)18-17(21)10-15(5)20-14(4)9-13(3)19-20/h6-9,15H,10H2,1-5H3,(H,18,21)/t15-/m1/s1. The van der Waals surface area contributed by atoms with Gasteiger partial charge in [-0.15, -0.1) is 0 Å². The molecule has 0 saturated carbocycles. The third-order valence-corrected chi connectivity index (χ3v) is 3.61. The molecule has 0 bridgehead atoms. The summed E-state index contributed by atoms with van der Waals surface area (Å²) < 4.78 is 1.91. The highest BCUT2D eigenvalue weighted by atomic mass is 16.1. The normalized spacial score (nSPS) is 12.2. The number of hydrogen-bond acceptors (Lipinski definition) is 2. The van der Waals surface area contributed by atoms with Gasteiger partial charge < -0.3 is 5.32 Å². The maximum atomic E-state index is 12.2. The molecular formula is C17H23N3O. The SMILES string of the molecule is Cc1ccc(C)c(NC(=O)C[C@@H](C)n2nc(C)cc2C)c1. The molecule has 0 saturated heterocycles. The highest BCUT2D eigenvalue weighted by Gasteiger charge is 2.14. The molecule has 2 rings (SSSR count). The number of carbonyl (C=O) groups excluding carboxylic acids is 1. The number of aromatic nitrogens is 2. The predicted molar refractivity (Wildman–Crippen MR) is 85.6 cm³/mol. The third kappa shape index (κ3) is 3.72. The molecule has 0 radical (unpaired) electrons. The Morgan fingerprint density at radius 3 is 2.57 bits per heavy atom. The molecule has 1 N–H and O–H groups in total. The molecule has 0 unspecified atom stereocenters. The smallest absolute Gasteiger partial charge is 0.226 e. The van der Waals surface area contributed by atoms with Crippen molar-refractivity contribution in [2.45, 2.75) is 47.1 Å². The summed E-state index contributed by atoms with van der Waals surface area (Å²) in [5.74, 6) is 0.0174. The Morgan fingerprint density at radius 1 is 1.24 bits per heavy atom. The summed E-state index contributed by atoms with van der Waals surface area (Å²) in [6.45, 7) is 10.0. The average molecular weight is 285 g/mol. The average Bonchev–Trinajstić information content (AvgIpc) is 2.73. The maximum Gasteiger partial charge on any atom is 0.226 e. The number of hydrogen-bond donors (Lipinski definition) is 1. The van der Waals surface area contributed by atoms with Crippen molar-refractivity contribution in [3.05, 3.63) is 46.8 Å². The number of nitrogens with one attached hydrogen (secondary N) is 1. The first-order valence-corrected chi connectivity index (χ1v) is 7.26. The number of aryl methyl sites for hydroxylation is 4. The van der Waals surface area contributed by atoms with Gasteiger partial charge in [-0.3, -0.25) is 9.48 Å². The van der Waals surface area contributed by atoms with E-state index >= 15 is 0 Å². The van der Waals surface area contributed by atoms with E-state index in [-0.39, 0.29) is 11.9 Å². The highest BCUT2D eigenvalue weighted by Crippen LogP contribution is 2.19. The molecule has 4 heteroatoms. The molecule has 0 aliphatic heterocycles. The summed E-state index contributed by atoms with van der Waals surface area (Å²) in [7, 11) is 0. The zero-order valence-corrected chi connectivity index (χ0v) is 13.4. The van der Waals surface area contributed by atoms with Gasteiger partial charge in [0.2, 0.25) is 5.91 Å². The maximum absolute atomic E-state index is 12.2. The van der Waals surface area contributed by atoms with Crippen LogP contribution in [0.15, 0.2) is 24.3 Å². The molecule has 1 atom stereocenters. The van der Waals surface area contributed by atoms with Crippen LogP contribution in [-0.2, 0) is 4.79 Å². The van der Waals surface area contributed by atoms with Crippen molar-refractivity contribution >= 4 is 11.6 Å². The highest BCUT2D eigenvalue weighted by molar-refractivity contribution is 5.91. The number of rotatable bonds is 4. The summed E-state index contributed by atoms with van der Waals surface area (Å²) >= 11 is 0. The van der Waals surface area contributed by atoms with Crippen LogP contribution in [0.4, 0.5) is 5.69 Å². The Kier molecular flexibility index (Phi) is 4.46. The van der Waals surface area contributed by atoms with Crippen LogP contribution in [0.3, 0.4) is 0 Å². The van der Waals surface area contributed by atoms with Crippen molar-refractivity contribution < 1.29 is 4.79 Å². The van der Waals surface area contributed by atoms with Crippen molar-refractivity contribution in [1.82, 2.24) is 9.78 Å². The minimum Gasteiger partial charge on any atom is -0.326 e. The van der Waals surface area contributed by atoms with Crippen LogP contribution in [0.5, 0.6) is 0 Å². The zero-order valence-electron chi connectivity index (χ0n) is 13.4. The van der Waals surface area contributed by atoms with E-state index < -0.39 is 0 Å². The van der Waals surface area contributed by atoms with Gasteiger partial charge in [0.05, 0.1) is 11.7 Å². The van der Waals surface area contributed by atoms with Gasteiger partial charge in [0.15, 0.2) is 0 Å². The van der Waals surface area contributed by atoms with Gasteiger partial charge in [0, 0.05) is 17.8 Å². The van der Waals surface area contributed by atoms with E-state index in [0.29, 0.717) is 6.42 Å². The summed E-state index contributed by atoms with van der Waals surface area (Å²) in [6, 6.07) is 8.14. The molecule has 1 heterocycles. The van der Waals surface area contributed by atoms with Gasteiger partial charge in [0.25, 0.3) is 0 Å². The molecular weight excluding hydrogens is 262 g/mol. The lowest BCUT2D eigenvalue weighted by atomic mass is 10.1. The third-order valence-electron chi connectivity index (χ3n) is 3.61. The van der Waals surface area contributed by atoms with Crippen LogP contribution in [0, 0.1) is 27.7 Å². The largest absolute Gasteiger partial charge is 0.326 e. The molecule has 0 aliphatic carbocycles. The van der Waals surface area contributed by atoms with E-state index in [1.807, 2.05) is 63.6 Å². The molecule has 0 fully saturated rings. The van der Waals surface area contributed by atoms with Gasteiger partial charge in [-0.2, -0.15) is 5.10 Å². The fourth-order valence-corrected chi connectivity index (χ4v) is 2.52. The number of benzene rings is 1. The van der Waals surface area contributed by atoms with Gasteiger partial charge >= 0.3 is 0 Å². The topological polar surface area (TPSA) is 46.9 Å². The van der Waals surface area contributed by atoms with Crippen molar-refractivity contribution in [3.63, 3.8) is 0 Å². The second-order valence-corrected chi connectivity index (χ2v) is 5.79. The number of nitrogens with zero attached hydrogens (tertiary/aromatic N) is 2. The lowest BCUT2D eigenvalue weighted by molar-refractivity contribution is -0.116. The Bertz CT molecular complexity index is 658. The van der Waals surface area contributed by atoms with Crippen LogP contribution < -0.4 is 5.32 Å². The first kappa shape index (κ1) is 15.3. The Morgan fingerprint density at radius 2 is 1.95 bits per heavy atom. The zero-order chi connectivity index (χ0) is 15.6. The first-order chi connectivity index (χ1) is 9.86. The van der Waals surface area contributed by atoms with E-state index in [1.165, 1.54) is 0 Å². The fourth-order valence-electron chi connectivity index (χ4n) is 2.52. The van der Waals surface area contributed by atoms with E-state index in [2.05, 4.69) is 10.4 Å². The van der Waals surface area contributed by atoms with Gasteiger partial charge in [0.1, 0.15) is 0 Å². The number of anilines is 1. The lowest BCUT2D eigenvalue weighted by Gasteiger charge is -2.15. The van der Waals surface area contributed by atoms with E-state index in [1.54, 1.807) is 0 Å². The van der Waals surface area contributed by atoms with Crippen LogP contribution in [-0.4, -0.2) is 15.7 Å². The predicted octanol–water partition coefficient (Wildman–Crippen LogP) is 3.71. The van der Waals surface area contributed by atoms with Crippen molar-refractivity contribution in [2.24, 2.45) is 0 Å². The van der Waals surface area contributed by atoms with Gasteiger partial charge in [-0.1, -0.05) is 12.1 Å². The van der Waals surface area contributed by atoms with Gasteiger partial charge in [-0.25, -0.2) is 0 Å². The van der Waals surface area contributed by atoms with Crippen LogP contribution in [0.2, 0.25) is 0 Å². The molecule has 0 aliphatic rings. The quantitative estimate of drug-likeness (QED) is 0.931. The van der Waals surface area contributed by atoms with Crippen molar-refractivity contribution in [2.75, 3.05) is 5.32 Å². The van der Waals surface area contributed by atoms with E-state index in [0.717, 1.165) is 28.2 Å². The monoisotopic (exact) mass is 285 g/mol. The molecule has 21 heavy (non-hydrogen) atoms. The van der Waals surface area contributed by atoms with Crippen LogP contribution >= 0.6 is 0 Å². The second-order valence-electron chi connectivity index (χ2n) is 5.79. The molecule has 0 spiro atoms. The Hall–Kier alpha value is -2.10. The molecule has 1 amide bonds. The Balaban J connectivity index is 2.04. The summed E-state index contributed by atoms with van der Waals surface area (Å²) in [6.07, 6.45) is 0.412. The molecule has 2 aromatic rings. The van der Waals surface area contributed by atoms with Crippen LogP contribution in [0.1, 0.15) is 41.9 Å². The molecule has 4 nitrogen and oxygen atoms in total. The fraction of sp³-hybridized carbons (Fsp3) is 0.412. The minimum absolute atomic E-state index is 0.0174. The summed E-state index contributed by atoms with van der Waals surface area (Å²) in [5, 5.41) is 7.44. The molecule has 1 aromatic carbocycles. The van der Waals surface area contributed by atoms with Crippen molar-refractivity contribution in [1.29, 1.82) is 0 Å². The summed E-state index contributed by atoms with van der Waals surface area (Å²) in [5.41, 5.74) is 5.17. The van der Waals surface area contributed by atoms with E-state index in [4.69, 9.17) is 0 Å². The van der Waals surface area contributed by atoms with Gasteiger partial charge in [-0.05, 0) is 57.9 Å². The lowest BCUT2D eigenvalue weighted by Crippen LogP contribution is -2.19. The summed E-state index contributed by atoms with van der Waals surface area (Å²) in [4.78, 5) is 12.2. The van der Waals surface area contributed by atoms with Crippen LogP contribution in [0.25, 0.3) is 0 Å². The molecule has 1 aromatic heterocycles. The minimum atomic E-state index is 0.0174.